The van der Waals surface area contributed by atoms with Crippen LogP contribution in [0.1, 0.15) is 23.6 Å². The molecule has 0 bridgehead atoms. The first-order valence-electron chi connectivity index (χ1n) is 8.30. The van der Waals surface area contributed by atoms with Crippen LogP contribution in [-0.4, -0.2) is 30.3 Å². The normalized spacial score (nSPS) is 14.3. The van der Waals surface area contributed by atoms with Crippen LogP contribution >= 0.6 is 0 Å². The van der Waals surface area contributed by atoms with E-state index in [0.29, 0.717) is 6.54 Å². The molecule has 0 saturated carbocycles. The molecule has 6 N–H and O–H groups in total. The summed E-state index contributed by atoms with van der Waals surface area (Å²) in [6.45, 7) is 0.349. The van der Waals surface area contributed by atoms with E-state index in [1.807, 2.05) is 54.6 Å². The molecule has 7 nitrogen and oxygen atoms in total. The van der Waals surface area contributed by atoms with Crippen molar-refractivity contribution in [3.8, 4) is 5.75 Å². The Morgan fingerprint density at radius 3 is 2.38 bits per heavy atom. The minimum absolute atomic E-state index is 0.180. The Labute approximate surface area is 152 Å². The largest absolute Gasteiger partial charge is 0.497 e. The summed E-state index contributed by atoms with van der Waals surface area (Å²) >= 11 is 0. The molecule has 3 atom stereocenters. The number of benzene rings is 2. The van der Waals surface area contributed by atoms with E-state index in [4.69, 9.17) is 16.4 Å². The van der Waals surface area contributed by atoms with Gasteiger partial charge in [-0.25, -0.2) is 4.79 Å². The van der Waals surface area contributed by atoms with Gasteiger partial charge in [0.25, 0.3) is 0 Å². The minimum Gasteiger partial charge on any atom is -0.497 e. The van der Waals surface area contributed by atoms with E-state index in [1.165, 1.54) is 0 Å². The van der Waals surface area contributed by atoms with Crippen molar-refractivity contribution in [2.75, 3.05) is 7.11 Å². The molecule has 0 saturated heterocycles. The topological polar surface area (TPSA) is 120 Å². The lowest BCUT2D eigenvalue weighted by Crippen LogP contribution is -2.48. The highest BCUT2D eigenvalue weighted by Gasteiger charge is 2.29. The zero-order valence-corrected chi connectivity index (χ0v) is 14.7. The van der Waals surface area contributed by atoms with Crippen molar-refractivity contribution >= 4 is 5.97 Å². The lowest BCUT2D eigenvalue weighted by atomic mass is 9.97. The lowest BCUT2D eigenvalue weighted by Gasteiger charge is -2.24. The molecule has 0 unspecified atom stereocenters. The molecular formula is C19H25N3O4. The van der Waals surface area contributed by atoms with E-state index in [1.54, 1.807) is 7.11 Å². The Balaban J connectivity index is 1.99. The maximum Gasteiger partial charge on any atom is 0.344 e. The fourth-order valence-electron chi connectivity index (χ4n) is 2.65. The summed E-state index contributed by atoms with van der Waals surface area (Å²) in [4.78, 5) is 16.3. The third kappa shape index (κ3) is 5.53. The van der Waals surface area contributed by atoms with Crippen LogP contribution < -0.4 is 21.7 Å². The summed E-state index contributed by atoms with van der Waals surface area (Å²) in [5, 5.41) is 13.5. The maximum atomic E-state index is 12.0. The Morgan fingerprint density at radius 2 is 1.81 bits per heavy atom. The number of aliphatic hydroxyl groups is 1. The van der Waals surface area contributed by atoms with Crippen LogP contribution in [0.5, 0.6) is 5.75 Å². The molecule has 0 spiro atoms. The summed E-state index contributed by atoms with van der Waals surface area (Å²) in [6.07, 6.45) is -0.876. The van der Waals surface area contributed by atoms with Crippen molar-refractivity contribution < 1.29 is 19.5 Å². The number of hydrogen-bond donors (Lipinski definition) is 4. The molecule has 0 aliphatic rings. The summed E-state index contributed by atoms with van der Waals surface area (Å²) in [7, 11) is 1.59. The molecule has 0 aromatic heterocycles. The van der Waals surface area contributed by atoms with Gasteiger partial charge in [0, 0.05) is 12.6 Å². The van der Waals surface area contributed by atoms with Crippen LogP contribution in [0.3, 0.4) is 0 Å². The minimum atomic E-state index is -1.06. The van der Waals surface area contributed by atoms with Crippen LogP contribution in [-0.2, 0) is 16.2 Å². The number of carbonyl (C=O) groups excluding carboxylic acids is 1. The fourth-order valence-corrected chi connectivity index (χ4v) is 2.65. The molecule has 2 aromatic carbocycles. The average molecular weight is 359 g/mol. The van der Waals surface area contributed by atoms with Gasteiger partial charge in [-0.15, -0.1) is 0 Å². The van der Waals surface area contributed by atoms with Gasteiger partial charge in [-0.1, -0.05) is 42.5 Å². The number of nitrogens with two attached hydrogens (primary N) is 2. The average Bonchev–Trinajstić information content (AvgIpc) is 2.69. The number of carbonyl (C=O) groups is 1. The van der Waals surface area contributed by atoms with Gasteiger partial charge in [-0.3, -0.25) is 5.32 Å². The van der Waals surface area contributed by atoms with Crippen LogP contribution in [0.25, 0.3) is 0 Å². The molecule has 7 heteroatoms. The molecular weight excluding hydrogens is 334 g/mol. The Hall–Kier alpha value is -2.45. The summed E-state index contributed by atoms with van der Waals surface area (Å²) < 4.78 is 5.11. The number of nitrogens with one attached hydrogen (secondary N) is 1. The fraction of sp³-hybridized carbons (Fsp3) is 0.316. The number of hydrogen-bond acceptors (Lipinski definition) is 7. The highest BCUT2D eigenvalue weighted by Crippen LogP contribution is 2.18. The smallest absolute Gasteiger partial charge is 0.344 e. The van der Waals surface area contributed by atoms with E-state index in [0.717, 1.165) is 16.9 Å². The number of aliphatic hydroxyl groups excluding tert-OH is 1. The van der Waals surface area contributed by atoms with E-state index in [9.17, 15) is 9.90 Å². The van der Waals surface area contributed by atoms with Crippen molar-refractivity contribution in [3.05, 3.63) is 65.7 Å². The number of rotatable bonds is 9. The van der Waals surface area contributed by atoms with Gasteiger partial charge in [0.15, 0.2) is 0 Å². The van der Waals surface area contributed by atoms with E-state index in [-0.39, 0.29) is 6.42 Å². The quantitative estimate of drug-likeness (QED) is 0.493. The second-order valence-corrected chi connectivity index (χ2v) is 5.96. The summed E-state index contributed by atoms with van der Waals surface area (Å²) in [6, 6.07) is 15.3. The molecule has 26 heavy (non-hydrogen) atoms. The Kier molecular flexibility index (Phi) is 7.55. The van der Waals surface area contributed by atoms with E-state index in [2.05, 4.69) is 10.2 Å². The van der Waals surface area contributed by atoms with Crippen LogP contribution in [0.2, 0.25) is 0 Å². The van der Waals surface area contributed by atoms with E-state index >= 15 is 0 Å². The van der Waals surface area contributed by atoms with Crippen LogP contribution in [0, 0.1) is 0 Å². The van der Waals surface area contributed by atoms with Gasteiger partial charge in [0.2, 0.25) is 0 Å². The SMILES string of the molecule is COc1ccc(CN[C@@H](C(=O)ON)[C@H](O)C[C@@H](N)c2ccccc2)cc1. The third-order valence-electron chi connectivity index (χ3n) is 4.16. The predicted octanol–water partition coefficient (Wildman–Crippen LogP) is 1.02. The first-order chi connectivity index (χ1) is 12.5. The second-order valence-electron chi connectivity index (χ2n) is 5.96. The molecule has 0 aliphatic heterocycles. The zero-order valence-electron chi connectivity index (χ0n) is 14.7. The summed E-state index contributed by atoms with van der Waals surface area (Å²) in [5.74, 6) is 5.00. The summed E-state index contributed by atoms with van der Waals surface area (Å²) in [5.41, 5.74) is 7.92. The highest BCUT2D eigenvalue weighted by molar-refractivity contribution is 5.76. The zero-order chi connectivity index (χ0) is 18.9. The maximum absolute atomic E-state index is 12.0. The van der Waals surface area contributed by atoms with Gasteiger partial charge >= 0.3 is 5.97 Å². The first kappa shape index (κ1) is 19.9. The molecule has 2 aromatic rings. The van der Waals surface area contributed by atoms with Gasteiger partial charge in [-0.05, 0) is 29.7 Å². The molecule has 2 rings (SSSR count). The van der Waals surface area contributed by atoms with Gasteiger partial charge in [0.05, 0.1) is 13.2 Å². The molecule has 0 heterocycles. The van der Waals surface area contributed by atoms with Gasteiger partial charge in [0.1, 0.15) is 11.8 Å². The molecule has 0 fully saturated rings. The van der Waals surface area contributed by atoms with Crippen molar-refractivity contribution in [1.82, 2.24) is 5.32 Å². The highest BCUT2D eigenvalue weighted by atomic mass is 16.7. The van der Waals surface area contributed by atoms with Crippen molar-refractivity contribution in [2.45, 2.75) is 31.2 Å². The van der Waals surface area contributed by atoms with Crippen molar-refractivity contribution in [1.29, 1.82) is 0 Å². The third-order valence-corrected chi connectivity index (χ3v) is 4.16. The number of methoxy groups -OCH3 is 1. The second kappa shape index (κ2) is 9.88. The Bertz CT molecular complexity index is 679. The van der Waals surface area contributed by atoms with Crippen molar-refractivity contribution in [3.63, 3.8) is 0 Å². The lowest BCUT2D eigenvalue weighted by molar-refractivity contribution is -0.150. The molecule has 0 amide bonds. The first-order valence-corrected chi connectivity index (χ1v) is 8.30. The van der Waals surface area contributed by atoms with E-state index < -0.39 is 24.2 Å². The molecule has 0 aliphatic carbocycles. The molecule has 0 radical (unpaired) electrons. The van der Waals surface area contributed by atoms with Crippen LogP contribution in [0.15, 0.2) is 54.6 Å². The van der Waals surface area contributed by atoms with Gasteiger partial charge < -0.3 is 20.4 Å². The van der Waals surface area contributed by atoms with Crippen molar-refractivity contribution in [2.24, 2.45) is 11.6 Å². The molecule has 140 valence electrons. The monoisotopic (exact) mass is 359 g/mol. The number of ether oxygens (including phenoxy) is 1. The Morgan fingerprint density at radius 1 is 1.15 bits per heavy atom. The standard InChI is InChI=1S/C19H25N3O4/c1-25-15-9-7-13(8-10-15)12-22-18(19(24)26-21)17(23)11-16(20)14-5-3-2-4-6-14/h2-10,16-18,22-23H,11-12,20-21H2,1H3/t16-,17-,18-/m1/s1. The van der Waals surface area contributed by atoms with Gasteiger partial charge in [-0.2, -0.15) is 5.90 Å². The van der Waals surface area contributed by atoms with Crippen LogP contribution in [0.4, 0.5) is 0 Å². The predicted molar refractivity (Wildman–Crippen MR) is 97.9 cm³/mol.